The first-order valence-electron chi connectivity index (χ1n) is 8.75. The first kappa shape index (κ1) is 19.3. The SMILES string of the molecule is CCOC(=O)c1c(-c2ccc(S(=O)(=O)CC)cc2F)nn2c1O[C@H](C)CC2. The average Bonchev–Trinajstić information content (AvgIpc) is 3.00. The maximum Gasteiger partial charge on any atom is 0.345 e. The normalized spacial score (nSPS) is 16.5. The summed E-state index contributed by atoms with van der Waals surface area (Å²) in [4.78, 5) is 12.4. The highest BCUT2D eigenvalue weighted by Gasteiger charge is 2.32. The molecule has 2 aromatic rings. The summed E-state index contributed by atoms with van der Waals surface area (Å²) in [5.74, 6) is -1.33. The van der Waals surface area contributed by atoms with E-state index in [1.54, 1.807) is 6.92 Å². The number of carbonyl (C=O) groups excluding carboxylic acids is 1. The first-order valence-corrected chi connectivity index (χ1v) is 10.4. The van der Waals surface area contributed by atoms with Crippen molar-refractivity contribution in [2.45, 2.75) is 44.7 Å². The molecule has 1 aliphatic rings. The molecular weight excluding hydrogens is 375 g/mol. The van der Waals surface area contributed by atoms with Gasteiger partial charge < -0.3 is 9.47 Å². The van der Waals surface area contributed by atoms with Crippen molar-refractivity contribution in [3.8, 4) is 17.1 Å². The number of fused-ring (bicyclic) bond motifs is 1. The van der Waals surface area contributed by atoms with Crippen molar-refractivity contribution in [1.29, 1.82) is 0 Å². The van der Waals surface area contributed by atoms with Gasteiger partial charge in [0.25, 0.3) is 0 Å². The molecule has 0 unspecified atom stereocenters. The van der Waals surface area contributed by atoms with Crippen LogP contribution in [0.5, 0.6) is 5.88 Å². The molecule has 0 N–H and O–H groups in total. The standard InChI is InChI=1S/C18H21FN2O5S/c1-4-25-18(22)15-16(20-21-9-8-11(3)26-17(15)21)13-7-6-12(10-14(13)19)27(23,24)5-2/h6-7,10-11H,4-5,8-9H2,1-3H3/t11-/m1/s1. The predicted molar refractivity (Wildman–Crippen MR) is 96.0 cm³/mol. The topological polar surface area (TPSA) is 87.5 Å². The second kappa shape index (κ2) is 7.30. The molecule has 0 saturated heterocycles. The lowest BCUT2D eigenvalue weighted by atomic mass is 10.1. The van der Waals surface area contributed by atoms with Crippen molar-refractivity contribution in [2.24, 2.45) is 0 Å². The van der Waals surface area contributed by atoms with Crippen molar-refractivity contribution in [1.82, 2.24) is 9.78 Å². The van der Waals surface area contributed by atoms with Crippen molar-refractivity contribution in [3.63, 3.8) is 0 Å². The van der Waals surface area contributed by atoms with Crippen LogP contribution in [-0.4, -0.2) is 42.6 Å². The van der Waals surface area contributed by atoms with E-state index in [1.165, 1.54) is 23.7 Å². The van der Waals surface area contributed by atoms with E-state index < -0.39 is 21.6 Å². The second-order valence-electron chi connectivity index (χ2n) is 6.23. The van der Waals surface area contributed by atoms with Crippen LogP contribution in [0.2, 0.25) is 0 Å². The predicted octanol–water partition coefficient (Wildman–Crippen LogP) is 2.83. The van der Waals surface area contributed by atoms with Crippen LogP contribution in [0.25, 0.3) is 11.3 Å². The molecule has 0 aliphatic carbocycles. The highest BCUT2D eigenvalue weighted by molar-refractivity contribution is 7.91. The highest BCUT2D eigenvalue weighted by Crippen LogP contribution is 2.36. The van der Waals surface area contributed by atoms with Crippen molar-refractivity contribution < 1.29 is 27.1 Å². The molecule has 9 heteroatoms. The molecule has 1 aromatic heterocycles. The lowest BCUT2D eigenvalue weighted by Gasteiger charge is -2.21. The van der Waals surface area contributed by atoms with Crippen LogP contribution in [0.4, 0.5) is 4.39 Å². The third kappa shape index (κ3) is 3.55. The molecule has 1 aliphatic heterocycles. The number of esters is 1. The van der Waals surface area contributed by atoms with Gasteiger partial charge in [-0.2, -0.15) is 5.10 Å². The number of sulfone groups is 1. The van der Waals surface area contributed by atoms with Gasteiger partial charge in [0.1, 0.15) is 17.1 Å². The summed E-state index contributed by atoms with van der Waals surface area (Å²) in [6, 6.07) is 3.58. The fourth-order valence-corrected chi connectivity index (χ4v) is 3.79. The van der Waals surface area contributed by atoms with E-state index in [9.17, 15) is 17.6 Å². The number of hydrogen-bond donors (Lipinski definition) is 0. The second-order valence-corrected chi connectivity index (χ2v) is 8.51. The highest BCUT2D eigenvalue weighted by atomic mass is 32.2. The number of rotatable bonds is 5. The van der Waals surface area contributed by atoms with Gasteiger partial charge in [-0.3, -0.25) is 0 Å². The minimum atomic E-state index is -3.55. The quantitative estimate of drug-likeness (QED) is 0.722. The minimum Gasteiger partial charge on any atom is -0.474 e. The van der Waals surface area contributed by atoms with Gasteiger partial charge in [0.15, 0.2) is 9.84 Å². The van der Waals surface area contributed by atoms with E-state index >= 15 is 0 Å². The molecule has 1 aromatic carbocycles. The number of hydrogen-bond acceptors (Lipinski definition) is 6. The van der Waals surface area contributed by atoms with Crippen molar-refractivity contribution in [2.75, 3.05) is 12.4 Å². The number of ether oxygens (including phenoxy) is 2. The number of nitrogens with zero attached hydrogens (tertiary/aromatic N) is 2. The summed E-state index contributed by atoms with van der Waals surface area (Å²) in [6.07, 6.45) is 0.587. The molecule has 1 atom stereocenters. The lowest BCUT2D eigenvalue weighted by Crippen LogP contribution is -2.24. The van der Waals surface area contributed by atoms with Crippen LogP contribution >= 0.6 is 0 Å². The third-order valence-corrected chi connectivity index (χ3v) is 6.11. The fraction of sp³-hybridized carbons (Fsp3) is 0.444. The maximum atomic E-state index is 14.8. The molecule has 146 valence electrons. The van der Waals surface area contributed by atoms with E-state index in [0.29, 0.717) is 13.0 Å². The zero-order valence-corrected chi connectivity index (χ0v) is 16.2. The monoisotopic (exact) mass is 396 g/mol. The zero-order chi connectivity index (χ0) is 19.8. The van der Waals surface area contributed by atoms with Crippen LogP contribution in [0.3, 0.4) is 0 Å². The van der Waals surface area contributed by atoms with Crippen LogP contribution in [0.15, 0.2) is 23.1 Å². The molecule has 27 heavy (non-hydrogen) atoms. The Labute approximate surface area is 157 Å². The Morgan fingerprint density at radius 1 is 1.41 bits per heavy atom. The summed E-state index contributed by atoms with van der Waals surface area (Å²) in [5, 5.41) is 4.33. The molecule has 7 nitrogen and oxygen atoms in total. The summed E-state index contributed by atoms with van der Waals surface area (Å²) in [6.45, 7) is 5.70. The summed E-state index contributed by atoms with van der Waals surface area (Å²) in [7, 11) is -3.55. The number of aryl methyl sites for hydroxylation is 1. The molecule has 0 amide bonds. The Morgan fingerprint density at radius 2 is 2.15 bits per heavy atom. The maximum absolute atomic E-state index is 14.8. The Morgan fingerprint density at radius 3 is 2.78 bits per heavy atom. The molecule has 2 heterocycles. The van der Waals surface area contributed by atoms with Crippen LogP contribution < -0.4 is 4.74 Å². The average molecular weight is 396 g/mol. The number of halogens is 1. The number of benzene rings is 1. The van der Waals surface area contributed by atoms with Gasteiger partial charge in [-0.05, 0) is 32.0 Å². The van der Waals surface area contributed by atoms with E-state index in [0.717, 1.165) is 6.07 Å². The Kier molecular flexibility index (Phi) is 5.23. The van der Waals surface area contributed by atoms with Crippen molar-refractivity contribution >= 4 is 15.8 Å². The minimum absolute atomic E-state index is 0.0197. The molecule has 0 saturated carbocycles. The molecular formula is C18H21FN2O5S. The molecule has 0 fully saturated rings. The van der Waals surface area contributed by atoms with E-state index in [-0.39, 0.29) is 46.1 Å². The van der Waals surface area contributed by atoms with E-state index in [4.69, 9.17) is 9.47 Å². The van der Waals surface area contributed by atoms with E-state index in [1.807, 2.05) is 6.92 Å². The molecule has 0 bridgehead atoms. The fourth-order valence-electron chi connectivity index (χ4n) is 2.90. The summed E-state index contributed by atoms with van der Waals surface area (Å²) < 4.78 is 51.1. The smallest absolute Gasteiger partial charge is 0.345 e. The Balaban J connectivity index is 2.16. The van der Waals surface area contributed by atoms with Crippen LogP contribution in [0.1, 0.15) is 37.6 Å². The van der Waals surface area contributed by atoms with Crippen molar-refractivity contribution in [3.05, 3.63) is 29.6 Å². The van der Waals surface area contributed by atoms with Gasteiger partial charge in [-0.25, -0.2) is 22.3 Å². The van der Waals surface area contributed by atoms with Gasteiger partial charge in [0.2, 0.25) is 5.88 Å². The first-order chi connectivity index (χ1) is 12.8. The summed E-state index contributed by atoms with van der Waals surface area (Å²) >= 11 is 0. The van der Waals surface area contributed by atoms with Gasteiger partial charge in [-0.1, -0.05) is 6.92 Å². The van der Waals surface area contributed by atoms with Gasteiger partial charge >= 0.3 is 5.97 Å². The molecule has 3 rings (SSSR count). The van der Waals surface area contributed by atoms with E-state index in [2.05, 4.69) is 5.10 Å². The van der Waals surface area contributed by atoms with Crippen LogP contribution in [-0.2, 0) is 21.1 Å². The molecule has 0 radical (unpaired) electrons. The van der Waals surface area contributed by atoms with Gasteiger partial charge in [-0.15, -0.1) is 0 Å². The van der Waals surface area contributed by atoms with Gasteiger partial charge in [0, 0.05) is 18.5 Å². The zero-order valence-electron chi connectivity index (χ0n) is 15.4. The molecule has 0 spiro atoms. The Bertz CT molecular complexity index is 984. The lowest BCUT2D eigenvalue weighted by molar-refractivity contribution is 0.0515. The Hall–Kier alpha value is -2.42. The van der Waals surface area contributed by atoms with Gasteiger partial charge in [0.05, 0.1) is 23.4 Å². The number of carbonyl (C=O) groups is 1. The largest absolute Gasteiger partial charge is 0.474 e. The number of aromatic nitrogens is 2. The van der Waals surface area contributed by atoms with Crippen LogP contribution in [0, 0.1) is 5.82 Å². The third-order valence-electron chi connectivity index (χ3n) is 4.38. The summed E-state index contributed by atoms with van der Waals surface area (Å²) in [5.41, 5.74) is 0.148.